The van der Waals surface area contributed by atoms with Gasteiger partial charge in [-0.25, -0.2) is 4.58 Å². The highest BCUT2D eigenvalue weighted by atomic mass is 15.0. The van der Waals surface area contributed by atoms with Crippen molar-refractivity contribution >= 4 is 6.21 Å². The molecule has 0 spiro atoms. The Morgan fingerprint density at radius 1 is 0.870 bits per heavy atom. The van der Waals surface area contributed by atoms with Gasteiger partial charge in [-0.05, 0) is 28.7 Å². The minimum atomic E-state index is 0.180. The van der Waals surface area contributed by atoms with Gasteiger partial charge in [-0.3, -0.25) is 0 Å². The topological polar surface area (TPSA) is 3.01 Å². The summed E-state index contributed by atoms with van der Waals surface area (Å²) in [6.07, 6.45) is 5.47. The van der Waals surface area contributed by atoms with Crippen molar-refractivity contribution in [3.05, 3.63) is 59.7 Å². The summed E-state index contributed by atoms with van der Waals surface area (Å²) in [6.45, 7) is 8.91. The molecule has 0 aliphatic carbocycles. The quantitative estimate of drug-likeness (QED) is 0.499. The predicted molar refractivity (Wildman–Crippen MR) is 102 cm³/mol. The van der Waals surface area contributed by atoms with Crippen molar-refractivity contribution in [3.63, 3.8) is 0 Å². The lowest BCUT2D eigenvalue weighted by Crippen LogP contribution is -2.39. The number of rotatable bonds is 6. The van der Waals surface area contributed by atoms with Crippen LogP contribution in [0, 0.1) is 0 Å². The van der Waals surface area contributed by atoms with Gasteiger partial charge in [-0.15, -0.1) is 0 Å². The molecule has 0 amide bonds. The Bertz CT molecular complexity index is 649. The van der Waals surface area contributed by atoms with E-state index in [2.05, 4.69) is 94.1 Å². The van der Waals surface area contributed by atoms with E-state index in [1.807, 2.05) is 0 Å². The Morgan fingerprint density at radius 3 is 1.74 bits per heavy atom. The average Bonchev–Trinajstić information content (AvgIpc) is 2.61. The van der Waals surface area contributed by atoms with Gasteiger partial charge in [0.2, 0.25) is 0 Å². The first kappa shape index (κ1) is 17.5. The van der Waals surface area contributed by atoms with Crippen LogP contribution in [-0.4, -0.2) is 23.4 Å². The lowest BCUT2D eigenvalue weighted by atomic mass is 9.89. The minimum absolute atomic E-state index is 0.180. The monoisotopic (exact) mass is 308 g/mol. The summed E-state index contributed by atoms with van der Waals surface area (Å²) >= 11 is 0. The third-order valence-electron chi connectivity index (χ3n) is 5.23. The van der Waals surface area contributed by atoms with Crippen LogP contribution in [0.5, 0.6) is 0 Å². The van der Waals surface area contributed by atoms with E-state index in [-0.39, 0.29) is 5.54 Å². The third kappa shape index (κ3) is 4.10. The molecule has 2 rings (SSSR count). The largest absolute Gasteiger partial charge is 0.237 e. The first-order chi connectivity index (χ1) is 11.0. The number of aryl methyl sites for hydroxylation is 1. The van der Waals surface area contributed by atoms with E-state index in [1.165, 1.54) is 22.3 Å². The molecule has 0 saturated heterocycles. The molecule has 0 aromatic heterocycles. The molecule has 1 atom stereocenters. The van der Waals surface area contributed by atoms with Crippen LogP contribution in [-0.2, 0) is 12.8 Å². The maximum absolute atomic E-state index is 2.34. The summed E-state index contributed by atoms with van der Waals surface area (Å²) < 4.78 is 2.34. The summed E-state index contributed by atoms with van der Waals surface area (Å²) in [7, 11) is 2.17. The molecule has 1 nitrogen and oxygen atoms in total. The molecule has 122 valence electrons. The highest BCUT2D eigenvalue weighted by Crippen LogP contribution is 2.24. The maximum Gasteiger partial charge on any atom is 0.162 e. The van der Waals surface area contributed by atoms with Crippen LogP contribution < -0.4 is 0 Å². The molecule has 23 heavy (non-hydrogen) atoms. The SMILES string of the molecule is CC=[N+](C)C(C)(CC)Cc1ccc(-c2ccc(CC)cc2)cc1. The Labute approximate surface area is 141 Å². The summed E-state index contributed by atoms with van der Waals surface area (Å²) in [6, 6.07) is 18.0. The van der Waals surface area contributed by atoms with Crippen molar-refractivity contribution in [2.24, 2.45) is 0 Å². The van der Waals surface area contributed by atoms with Crippen molar-refractivity contribution < 1.29 is 4.58 Å². The summed E-state index contributed by atoms with van der Waals surface area (Å²) in [5.41, 5.74) is 5.56. The molecule has 0 saturated carbocycles. The Balaban J connectivity index is 2.18. The van der Waals surface area contributed by atoms with E-state index in [0.29, 0.717) is 0 Å². The molecule has 0 N–H and O–H groups in total. The fourth-order valence-electron chi connectivity index (χ4n) is 3.00. The van der Waals surface area contributed by atoms with E-state index in [0.717, 1.165) is 19.3 Å². The van der Waals surface area contributed by atoms with Gasteiger partial charge < -0.3 is 0 Å². The zero-order valence-electron chi connectivity index (χ0n) is 15.3. The van der Waals surface area contributed by atoms with Gasteiger partial charge in [-0.2, -0.15) is 0 Å². The molecule has 0 aliphatic heterocycles. The van der Waals surface area contributed by atoms with E-state index < -0.39 is 0 Å². The van der Waals surface area contributed by atoms with Crippen LogP contribution in [0.15, 0.2) is 48.5 Å². The zero-order chi connectivity index (χ0) is 16.9. The summed E-state index contributed by atoms with van der Waals surface area (Å²) in [5.74, 6) is 0. The number of benzene rings is 2. The van der Waals surface area contributed by atoms with E-state index >= 15 is 0 Å². The van der Waals surface area contributed by atoms with Crippen molar-refractivity contribution in [1.29, 1.82) is 0 Å². The Morgan fingerprint density at radius 2 is 1.35 bits per heavy atom. The van der Waals surface area contributed by atoms with Gasteiger partial charge in [0.15, 0.2) is 5.54 Å². The normalized spacial score (nSPS) is 14.6. The van der Waals surface area contributed by atoms with Gasteiger partial charge in [-0.1, -0.05) is 62.4 Å². The number of nitrogens with zero attached hydrogens (tertiary/aromatic N) is 1. The van der Waals surface area contributed by atoms with Gasteiger partial charge in [0.25, 0.3) is 0 Å². The molecule has 1 heteroatoms. The van der Waals surface area contributed by atoms with E-state index in [9.17, 15) is 0 Å². The molecule has 2 aromatic rings. The van der Waals surface area contributed by atoms with Crippen LogP contribution in [0.25, 0.3) is 11.1 Å². The van der Waals surface area contributed by atoms with Crippen LogP contribution >= 0.6 is 0 Å². The van der Waals surface area contributed by atoms with E-state index in [4.69, 9.17) is 0 Å². The average molecular weight is 308 g/mol. The van der Waals surface area contributed by atoms with Crippen molar-refractivity contribution in [2.75, 3.05) is 7.05 Å². The molecule has 1 unspecified atom stereocenters. The van der Waals surface area contributed by atoms with Crippen molar-refractivity contribution in [2.45, 2.75) is 52.5 Å². The molecular weight excluding hydrogens is 278 g/mol. The lowest BCUT2D eigenvalue weighted by Gasteiger charge is -2.24. The predicted octanol–water partition coefficient (Wildman–Crippen LogP) is 5.36. The van der Waals surface area contributed by atoms with Crippen LogP contribution in [0.2, 0.25) is 0 Å². The number of hydrogen-bond acceptors (Lipinski definition) is 0. The van der Waals surface area contributed by atoms with E-state index in [1.54, 1.807) is 0 Å². The van der Waals surface area contributed by atoms with Gasteiger partial charge in [0.1, 0.15) is 13.3 Å². The highest BCUT2D eigenvalue weighted by molar-refractivity contribution is 5.64. The van der Waals surface area contributed by atoms with Crippen LogP contribution in [0.4, 0.5) is 0 Å². The first-order valence-corrected chi connectivity index (χ1v) is 8.73. The van der Waals surface area contributed by atoms with Gasteiger partial charge >= 0.3 is 0 Å². The van der Waals surface area contributed by atoms with Crippen molar-refractivity contribution in [1.82, 2.24) is 0 Å². The minimum Gasteiger partial charge on any atom is -0.237 e. The first-order valence-electron chi connectivity index (χ1n) is 8.73. The third-order valence-corrected chi connectivity index (χ3v) is 5.23. The van der Waals surface area contributed by atoms with Gasteiger partial charge in [0.05, 0.1) is 0 Å². The maximum atomic E-state index is 2.34. The second-order valence-electron chi connectivity index (χ2n) is 6.64. The van der Waals surface area contributed by atoms with Crippen LogP contribution in [0.3, 0.4) is 0 Å². The fourth-order valence-corrected chi connectivity index (χ4v) is 3.00. The zero-order valence-corrected chi connectivity index (χ0v) is 15.3. The number of hydrogen-bond donors (Lipinski definition) is 0. The second kappa shape index (κ2) is 7.59. The molecular formula is C22H30N+. The standard InChI is InChI=1S/C22H30N/c1-6-18-9-13-20(14-10-18)21-15-11-19(12-16-21)17-22(4,7-2)23(5)8-3/h8-16H,6-7,17H2,1-5H3/q+1. The second-order valence-corrected chi connectivity index (χ2v) is 6.64. The number of likely N-dealkylation sites (N-methyl/N-ethyl adjacent to an activating group) is 1. The molecule has 0 fully saturated rings. The molecule has 2 aromatic carbocycles. The molecule has 0 heterocycles. The van der Waals surface area contributed by atoms with Crippen molar-refractivity contribution in [3.8, 4) is 11.1 Å². The highest BCUT2D eigenvalue weighted by Gasteiger charge is 2.31. The Hall–Kier alpha value is -1.89. The van der Waals surface area contributed by atoms with Gasteiger partial charge in [0, 0.05) is 26.7 Å². The lowest BCUT2D eigenvalue weighted by molar-refractivity contribution is -0.576. The Kier molecular flexibility index (Phi) is 5.76. The fraction of sp³-hybridized carbons (Fsp3) is 0.409. The summed E-state index contributed by atoms with van der Waals surface area (Å²) in [4.78, 5) is 0. The molecule has 0 radical (unpaired) electrons. The smallest absolute Gasteiger partial charge is 0.162 e. The van der Waals surface area contributed by atoms with Crippen LogP contribution in [0.1, 0.15) is 45.2 Å². The molecule has 0 bridgehead atoms. The summed E-state index contributed by atoms with van der Waals surface area (Å²) in [5, 5.41) is 0. The molecule has 0 aliphatic rings.